The van der Waals surface area contributed by atoms with Crippen LogP contribution in [0, 0.1) is 17.8 Å². The molecule has 2 rings (SSSR count). The summed E-state index contributed by atoms with van der Waals surface area (Å²) in [5.74, 6) is -1.78. The molecule has 2 N–H and O–H groups in total. The fourth-order valence-corrected chi connectivity index (χ4v) is 4.44. The topological polar surface area (TPSA) is 119 Å². The zero-order valence-electron chi connectivity index (χ0n) is 21.4. The second kappa shape index (κ2) is 12.6. The van der Waals surface area contributed by atoms with Crippen LogP contribution in [0.25, 0.3) is 0 Å². The molecule has 0 heterocycles. The molecule has 0 saturated heterocycles. The zero-order chi connectivity index (χ0) is 26.2. The molecule has 192 valence electrons. The lowest BCUT2D eigenvalue weighted by molar-refractivity contribution is -0.136. The Morgan fingerprint density at radius 2 is 1.74 bits per heavy atom. The van der Waals surface area contributed by atoms with E-state index in [4.69, 9.17) is 4.74 Å². The quantitative estimate of drug-likeness (QED) is 0.523. The third-order valence-corrected chi connectivity index (χ3v) is 5.92. The van der Waals surface area contributed by atoms with Gasteiger partial charge in [-0.05, 0) is 58.4 Å². The summed E-state index contributed by atoms with van der Waals surface area (Å²) >= 11 is 0. The fraction of sp³-hybridized carbons (Fsp3) is 0.593. The Hall–Kier alpha value is -3.03. The van der Waals surface area contributed by atoms with Crippen LogP contribution in [0.1, 0.15) is 65.9 Å². The van der Waals surface area contributed by atoms with Gasteiger partial charge in [0.05, 0.1) is 12.6 Å². The summed E-state index contributed by atoms with van der Waals surface area (Å²) in [5, 5.41) is 5.30. The molecule has 35 heavy (non-hydrogen) atoms. The van der Waals surface area contributed by atoms with E-state index >= 15 is 0 Å². The Labute approximate surface area is 207 Å². The van der Waals surface area contributed by atoms with Crippen LogP contribution in [0.2, 0.25) is 0 Å². The second-order valence-electron chi connectivity index (χ2n) is 10.6. The number of rotatable bonds is 10. The molecular weight excluding hydrogens is 448 g/mol. The number of hydrogen-bond acceptors (Lipinski definition) is 6. The van der Waals surface area contributed by atoms with E-state index in [9.17, 15) is 24.0 Å². The number of benzene rings is 1. The van der Waals surface area contributed by atoms with E-state index in [1.807, 2.05) is 37.3 Å². The summed E-state index contributed by atoms with van der Waals surface area (Å²) in [4.78, 5) is 62.3. The molecule has 1 aromatic carbocycles. The average molecular weight is 487 g/mol. The smallest absolute Gasteiger partial charge is 0.408 e. The SMILES string of the molecule is CC(=O)CC1CC(C)CC(NC(=O)C(CC(=O)CNC(=O)OC(C)(C)C)Cc2ccccc2)C1=O. The van der Waals surface area contributed by atoms with Crippen LogP contribution >= 0.6 is 0 Å². The minimum Gasteiger partial charge on any atom is -0.444 e. The van der Waals surface area contributed by atoms with Crippen LogP contribution < -0.4 is 10.6 Å². The highest BCUT2D eigenvalue weighted by Gasteiger charge is 2.37. The summed E-state index contributed by atoms with van der Waals surface area (Å²) in [5.41, 5.74) is 0.200. The maximum atomic E-state index is 13.3. The fourth-order valence-electron chi connectivity index (χ4n) is 4.44. The molecule has 8 heteroatoms. The number of nitrogens with one attached hydrogen (secondary N) is 2. The van der Waals surface area contributed by atoms with Crippen molar-refractivity contribution in [3.8, 4) is 0 Å². The van der Waals surface area contributed by atoms with Gasteiger partial charge in [0.1, 0.15) is 11.4 Å². The summed E-state index contributed by atoms with van der Waals surface area (Å²) in [6, 6.07) is 8.65. The Kier molecular flexibility index (Phi) is 10.2. The van der Waals surface area contributed by atoms with Gasteiger partial charge >= 0.3 is 6.09 Å². The third-order valence-electron chi connectivity index (χ3n) is 5.92. The van der Waals surface area contributed by atoms with Crippen molar-refractivity contribution in [1.82, 2.24) is 10.6 Å². The Morgan fingerprint density at radius 1 is 1.09 bits per heavy atom. The minimum atomic E-state index is -0.707. The van der Waals surface area contributed by atoms with Crippen molar-refractivity contribution >= 4 is 29.4 Å². The van der Waals surface area contributed by atoms with E-state index in [2.05, 4.69) is 10.6 Å². The molecule has 0 radical (unpaired) electrons. The van der Waals surface area contributed by atoms with Gasteiger partial charge in [-0.2, -0.15) is 0 Å². The molecule has 4 unspecified atom stereocenters. The van der Waals surface area contributed by atoms with Crippen LogP contribution in [0.15, 0.2) is 30.3 Å². The Balaban J connectivity index is 2.07. The van der Waals surface area contributed by atoms with Gasteiger partial charge in [-0.3, -0.25) is 14.4 Å². The zero-order valence-corrected chi connectivity index (χ0v) is 21.4. The number of hydrogen-bond donors (Lipinski definition) is 2. The van der Waals surface area contributed by atoms with Crippen molar-refractivity contribution in [1.29, 1.82) is 0 Å². The summed E-state index contributed by atoms with van der Waals surface area (Å²) in [7, 11) is 0. The van der Waals surface area contributed by atoms with E-state index < -0.39 is 29.6 Å². The molecule has 1 aromatic rings. The monoisotopic (exact) mass is 486 g/mol. The van der Waals surface area contributed by atoms with Crippen molar-refractivity contribution in [3.63, 3.8) is 0 Å². The number of ketones is 3. The highest BCUT2D eigenvalue weighted by Crippen LogP contribution is 2.29. The van der Waals surface area contributed by atoms with Crippen molar-refractivity contribution in [3.05, 3.63) is 35.9 Å². The van der Waals surface area contributed by atoms with Crippen LogP contribution in [0.3, 0.4) is 0 Å². The van der Waals surface area contributed by atoms with Gasteiger partial charge in [0, 0.05) is 24.7 Å². The molecule has 0 spiro atoms. The molecule has 2 amide bonds. The van der Waals surface area contributed by atoms with Gasteiger partial charge in [-0.15, -0.1) is 0 Å². The van der Waals surface area contributed by atoms with Gasteiger partial charge in [0.25, 0.3) is 0 Å². The van der Waals surface area contributed by atoms with E-state index in [1.54, 1.807) is 20.8 Å². The molecule has 0 aromatic heterocycles. The van der Waals surface area contributed by atoms with Crippen LogP contribution in [-0.2, 0) is 30.3 Å². The first kappa shape index (κ1) is 28.2. The number of Topliss-reactive ketones (excluding diaryl/α,β-unsaturated/α-hetero) is 3. The molecule has 1 aliphatic carbocycles. The van der Waals surface area contributed by atoms with Crippen LogP contribution in [0.5, 0.6) is 0 Å². The number of ether oxygens (including phenoxy) is 1. The van der Waals surface area contributed by atoms with Crippen molar-refractivity contribution in [2.75, 3.05) is 6.54 Å². The molecule has 8 nitrogen and oxygen atoms in total. The lowest BCUT2D eigenvalue weighted by atomic mass is 9.76. The number of alkyl carbamates (subject to hydrolysis) is 1. The molecule has 1 aliphatic rings. The van der Waals surface area contributed by atoms with Gasteiger partial charge in [-0.1, -0.05) is 37.3 Å². The molecule has 0 bridgehead atoms. The van der Waals surface area contributed by atoms with E-state index in [0.717, 1.165) is 5.56 Å². The summed E-state index contributed by atoms with van der Waals surface area (Å²) < 4.78 is 5.15. The summed E-state index contributed by atoms with van der Waals surface area (Å²) in [6.07, 6.45) is 0.839. The first-order valence-corrected chi connectivity index (χ1v) is 12.2. The highest BCUT2D eigenvalue weighted by molar-refractivity contribution is 5.95. The first-order valence-electron chi connectivity index (χ1n) is 12.2. The minimum absolute atomic E-state index is 0.0486. The Bertz CT molecular complexity index is 921. The van der Waals surface area contributed by atoms with Gasteiger partial charge in [-0.25, -0.2) is 4.79 Å². The predicted molar refractivity (Wildman–Crippen MR) is 132 cm³/mol. The largest absolute Gasteiger partial charge is 0.444 e. The Morgan fingerprint density at radius 3 is 2.34 bits per heavy atom. The molecule has 0 aliphatic heterocycles. The average Bonchev–Trinajstić information content (AvgIpc) is 2.74. The van der Waals surface area contributed by atoms with Gasteiger partial charge in [0.15, 0.2) is 11.6 Å². The third kappa shape index (κ3) is 10.0. The molecule has 1 fully saturated rings. The lowest BCUT2D eigenvalue weighted by Gasteiger charge is -2.33. The van der Waals surface area contributed by atoms with Gasteiger partial charge in [0.2, 0.25) is 5.91 Å². The van der Waals surface area contributed by atoms with Crippen LogP contribution in [0.4, 0.5) is 4.79 Å². The van der Waals surface area contributed by atoms with E-state index in [-0.39, 0.29) is 48.6 Å². The molecular formula is C27H38N2O6. The standard InChI is InChI=1S/C27H38N2O6/c1-17-11-20(13-18(2)30)24(32)23(12-17)29-25(33)21(14-19-9-7-6-8-10-19)15-22(31)16-28-26(34)35-27(3,4)5/h6-10,17,20-21,23H,11-16H2,1-5H3,(H,28,34)(H,29,33). The maximum Gasteiger partial charge on any atom is 0.408 e. The van der Waals surface area contributed by atoms with E-state index in [0.29, 0.717) is 19.3 Å². The molecule has 4 atom stereocenters. The van der Waals surface area contributed by atoms with Crippen molar-refractivity contribution in [2.24, 2.45) is 17.8 Å². The van der Waals surface area contributed by atoms with Crippen LogP contribution in [-0.4, -0.2) is 47.5 Å². The maximum absolute atomic E-state index is 13.3. The number of carbonyl (C=O) groups excluding carboxylic acids is 5. The van der Waals surface area contributed by atoms with E-state index in [1.165, 1.54) is 6.92 Å². The number of amides is 2. The predicted octanol–water partition coefficient (Wildman–Crippen LogP) is 3.41. The van der Waals surface area contributed by atoms with Crippen molar-refractivity contribution in [2.45, 2.75) is 78.4 Å². The van der Waals surface area contributed by atoms with Crippen molar-refractivity contribution < 1.29 is 28.7 Å². The van der Waals surface area contributed by atoms with Gasteiger partial charge < -0.3 is 20.2 Å². The second-order valence-corrected chi connectivity index (χ2v) is 10.6. The highest BCUT2D eigenvalue weighted by atomic mass is 16.6. The normalized spacial score (nSPS) is 21.1. The first-order chi connectivity index (χ1) is 16.3. The summed E-state index contributed by atoms with van der Waals surface area (Å²) in [6.45, 7) is 8.39. The lowest BCUT2D eigenvalue weighted by Crippen LogP contribution is -2.50. The number of carbonyl (C=O) groups is 5. The molecule has 1 saturated carbocycles.